The van der Waals surface area contributed by atoms with Gasteiger partial charge < -0.3 is 24.2 Å². The Labute approximate surface area is 154 Å². The number of benzene rings is 1. The molecule has 1 amide bonds. The summed E-state index contributed by atoms with van der Waals surface area (Å²) in [4.78, 5) is 25.2. The van der Waals surface area contributed by atoms with Crippen molar-refractivity contribution in [3.05, 3.63) is 35.9 Å². The minimum Gasteiger partial charge on any atom is -0.481 e. The zero-order chi connectivity index (χ0) is 19.7. The summed E-state index contributed by atoms with van der Waals surface area (Å²) in [6.07, 6.45) is -1.10. The molecular weight excluding hydrogens is 338 g/mol. The number of aliphatic carboxylic acids is 1. The van der Waals surface area contributed by atoms with Crippen molar-refractivity contribution in [2.45, 2.75) is 51.4 Å². The number of rotatable bonds is 9. The van der Waals surface area contributed by atoms with Crippen LogP contribution in [0.5, 0.6) is 0 Å². The smallest absolute Gasteiger partial charge is 0.410 e. The zero-order valence-corrected chi connectivity index (χ0v) is 16.1. The van der Waals surface area contributed by atoms with E-state index in [9.17, 15) is 14.7 Å². The molecule has 0 radical (unpaired) electrons. The molecule has 2 atom stereocenters. The Morgan fingerprint density at radius 1 is 1.19 bits per heavy atom. The first-order chi connectivity index (χ1) is 12.1. The van der Waals surface area contributed by atoms with Crippen molar-refractivity contribution in [3.8, 4) is 0 Å². The average Bonchev–Trinajstić information content (AvgIpc) is 2.55. The van der Waals surface area contributed by atoms with E-state index >= 15 is 0 Å². The molecule has 0 aliphatic rings. The highest BCUT2D eigenvalue weighted by molar-refractivity contribution is 5.70. The number of carboxylic acid groups (broad SMARTS) is 1. The fourth-order valence-electron chi connectivity index (χ4n) is 2.48. The van der Waals surface area contributed by atoms with Crippen molar-refractivity contribution in [2.75, 3.05) is 21.0 Å². The van der Waals surface area contributed by atoms with Crippen LogP contribution in [0.15, 0.2) is 30.3 Å². The van der Waals surface area contributed by atoms with Gasteiger partial charge in [0, 0.05) is 14.2 Å². The van der Waals surface area contributed by atoms with Gasteiger partial charge in [-0.3, -0.25) is 4.79 Å². The van der Waals surface area contributed by atoms with Gasteiger partial charge in [0.1, 0.15) is 12.4 Å². The number of carboxylic acids is 1. The quantitative estimate of drug-likeness (QED) is 0.676. The van der Waals surface area contributed by atoms with Crippen molar-refractivity contribution in [2.24, 2.45) is 0 Å². The average molecular weight is 367 g/mol. The number of hydrogen-bond acceptors (Lipinski definition) is 5. The van der Waals surface area contributed by atoms with E-state index in [1.54, 1.807) is 27.8 Å². The summed E-state index contributed by atoms with van der Waals surface area (Å²) in [5.74, 6) is -1.01. The van der Waals surface area contributed by atoms with E-state index in [-0.39, 0.29) is 13.2 Å². The van der Waals surface area contributed by atoms with Crippen LogP contribution in [0.25, 0.3) is 0 Å². The molecule has 1 aromatic rings. The van der Waals surface area contributed by atoms with Crippen molar-refractivity contribution in [1.29, 1.82) is 0 Å². The number of ether oxygens (including phenoxy) is 3. The van der Waals surface area contributed by atoms with E-state index < -0.39 is 29.8 Å². The molecule has 0 aliphatic carbocycles. The van der Waals surface area contributed by atoms with Gasteiger partial charge in [0.2, 0.25) is 0 Å². The summed E-state index contributed by atoms with van der Waals surface area (Å²) in [6, 6.07) is 8.99. The summed E-state index contributed by atoms with van der Waals surface area (Å²) < 4.78 is 15.9. The first kappa shape index (κ1) is 21.9. The molecule has 7 heteroatoms. The van der Waals surface area contributed by atoms with Gasteiger partial charge in [-0.15, -0.1) is 0 Å². The van der Waals surface area contributed by atoms with Crippen molar-refractivity contribution < 1.29 is 28.9 Å². The van der Waals surface area contributed by atoms with Gasteiger partial charge in [0.05, 0.1) is 18.6 Å². The lowest BCUT2D eigenvalue weighted by Crippen LogP contribution is -2.49. The third-order valence-electron chi connectivity index (χ3n) is 3.67. The molecule has 0 spiro atoms. The van der Waals surface area contributed by atoms with Gasteiger partial charge in [0.15, 0.2) is 0 Å². The van der Waals surface area contributed by atoms with Crippen molar-refractivity contribution >= 4 is 12.1 Å². The van der Waals surface area contributed by atoms with Crippen LogP contribution < -0.4 is 0 Å². The maximum Gasteiger partial charge on any atom is 0.410 e. The predicted molar refractivity (Wildman–Crippen MR) is 96.9 cm³/mol. The first-order valence-electron chi connectivity index (χ1n) is 8.46. The predicted octanol–water partition coefficient (Wildman–Crippen LogP) is 2.93. The highest BCUT2D eigenvalue weighted by Crippen LogP contribution is 2.19. The summed E-state index contributed by atoms with van der Waals surface area (Å²) in [5, 5.41) is 9.25. The Hall–Kier alpha value is -2.12. The summed E-state index contributed by atoms with van der Waals surface area (Å²) in [7, 11) is 3.05. The number of nitrogens with zero attached hydrogens (tertiary/aromatic N) is 1. The summed E-state index contributed by atoms with van der Waals surface area (Å²) in [5.41, 5.74) is 0.308. The number of carbonyl (C=O) groups excluding carboxylic acids is 1. The Balaban J connectivity index is 3.08. The minimum absolute atomic E-state index is 0.0641. The maximum atomic E-state index is 12.5. The lowest BCUT2D eigenvalue weighted by molar-refractivity contribution is -0.147. The van der Waals surface area contributed by atoms with Crippen LogP contribution in [-0.4, -0.2) is 60.8 Å². The highest BCUT2D eigenvalue weighted by Gasteiger charge is 2.33. The molecule has 7 nitrogen and oxygen atoms in total. The normalized spacial score (nSPS) is 13.7. The number of likely N-dealkylation sites (N-methyl/N-ethyl adjacent to an activating group) is 1. The van der Waals surface area contributed by atoms with Crippen LogP contribution >= 0.6 is 0 Å². The summed E-state index contributed by atoms with van der Waals surface area (Å²) in [6.45, 7) is 5.27. The molecule has 0 bridgehead atoms. The van der Waals surface area contributed by atoms with Crippen LogP contribution in [0.4, 0.5) is 4.79 Å². The Kier molecular flexibility index (Phi) is 8.54. The van der Waals surface area contributed by atoms with E-state index in [0.717, 1.165) is 5.56 Å². The Morgan fingerprint density at radius 3 is 2.31 bits per heavy atom. The monoisotopic (exact) mass is 367 g/mol. The van der Waals surface area contributed by atoms with Gasteiger partial charge in [-0.2, -0.15) is 0 Å². The molecule has 0 aromatic heterocycles. The van der Waals surface area contributed by atoms with Crippen LogP contribution in [0.3, 0.4) is 0 Å². The molecule has 146 valence electrons. The minimum atomic E-state index is -1.01. The Morgan fingerprint density at radius 2 is 1.81 bits per heavy atom. The molecule has 26 heavy (non-hydrogen) atoms. The molecule has 0 saturated heterocycles. The van der Waals surface area contributed by atoms with Gasteiger partial charge >= 0.3 is 12.1 Å². The lowest BCUT2D eigenvalue weighted by Gasteiger charge is -2.35. The van der Waals surface area contributed by atoms with Crippen LogP contribution in [0, 0.1) is 0 Å². The molecule has 1 rings (SSSR count). The SMILES string of the molecule is COCO[C@H](CC(=O)O)[C@H](Cc1ccccc1)N(C)C(=O)OC(C)(C)C. The largest absolute Gasteiger partial charge is 0.481 e. The summed E-state index contributed by atoms with van der Waals surface area (Å²) >= 11 is 0. The highest BCUT2D eigenvalue weighted by atomic mass is 16.7. The van der Waals surface area contributed by atoms with Gasteiger partial charge in [-0.1, -0.05) is 30.3 Å². The van der Waals surface area contributed by atoms with Crippen molar-refractivity contribution in [1.82, 2.24) is 4.90 Å². The van der Waals surface area contributed by atoms with E-state index in [0.29, 0.717) is 6.42 Å². The van der Waals surface area contributed by atoms with Crippen LogP contribution in [0.1, 0.15) is 32.8 Å². The number of methoxy groups -OCH3 is 1. The standard InChI is InChI=1S/C19H29NO6/c1-19(2,3)26-18(23)20(4)15(11-14-9-7-6-8-10-14)16(12-17(21)22)25-13-24-5/h6-10,15-16H,11-13H2,1-5H3,(H,21,22)/t15-,16+/m0/s1. The second kappa shape index (κ2) is 10.1. The van der Waals surface area contributed by atoms with Gasteiger partial charge in [0.25, 0.3) is 0 Å². The van der Waals surface area contributed by atoms with E-state index in [1.165, 1.54) is 12.0 Å². The van der Waals surface area contributed by atoms with Crippen molar-refractivity contribution in [3.63, 3.8) is 0 Å². The first-order valence-corrected chi connectivity index (χ1v) is 8.46. The molecule has 1 N–H and O–H groups in total. The third-order valence-corrected chi connectivity index (χ3v) is 3.67. The second-order valence-corrected chi connectivity index (χ2v) is 7.06. The number of hydrogen-bond donors (Lipinski definition) is 1. The third kappa shape index (κ3) is 7.84. The molecule has 0 saturated carbocycles. The molecule has 0 fully saturated rings. The van der Waals surface area contributed by atoms with E-state index in [2.05, 4.69) is 0 Å². The second-order valence-electron chi connectivity index (χ2n) is 7.06. The van der Waals surface area contributed by atoms with Crippen LogP contribution in [0.2, 0.25) is 0 Å². The Bertz CT molecular complexity index is 569. The number of amides is 1. The maximum absolute atomic E-state index is 12.5. The number of carbonyl (C=O) groups is 2. The topological polar surface area (TPSA) is 85.3 Å². The molecular formula is C19H29NO6. The molecule has 0 heterocycles. The van der Waals surface area contributed by atoms with E-state index in [4.69, 9.17) is 14.2 Å². The fourth-order valence-corrected chi connectivity index (χ4v) is 2.48. The van der Waals surface area contributed by atoms with E-state index in [1.807, 2.05) is 30.3 Å². The zero-order valence-electron chi connectivity index (χ0n) is 16.1. The van der Waals surface area contributed by atoms with Gasteiger partial charge in [-0.05, 0) is 32.8 Å². The van der Waals surface area contributed by atoms with Crippen LogP contribution in [-0.2, 0) is 25.4 Å². The fraction of sp³-hybridized carbons (Fsp3) is 0.579. The molecule has 0 unspecified atom stereocenters. The molecule has 1 aromatic carbocycles. The molecule has 0 aliphatic heterocycles. The lowest BCUT2D eigenvalue weighted by atomic mass is 9.98. The van der Waals surface area contributed by atoms with Gasteiger partial charge in [-0.25, -0.2) is 4.79 Å².